The third kappa shape index (κ3) is 3.11. The van der Waals surface area contributed by atoms with E-state index in [0.29, 0.717) is 11.7 Å². The second-order valence-corrected chi connectivity index (χ2v) is 6.33. The molecule has 0 unspecified atom stereocenters. The van der Waals surface area contributed by atoms with Gasteiger partial charge in [0.25, 0.3) is 5.91 Å². The molecule has 1 N–H and O–H groups in total. The zero-order chi connectivity index (χ0) is 14.8. The van der Waals surface area contributed by atoms with Gasteiger partial charge in [-0.2, -0.15) is 5.10 Å². The van der Waals surface area contributed by atoms with E-state index in [4.69, 9.17) is 4.74 Å². The molecule has 6 heteroatoms. The molecule has 2 aromatic rings. The SMILES string of the molecule is CO[C@H]1CC[C@H](NC(=O)c2cnn3ccc(Br)cc23)CC1. The summed E-state index contributed by atoms with van der Waals surface area (Å²) in [6, 6.07) is 4.03. The predicted octanol–water partition coefficient (Wildman–Crippen LogP) is 2.78. The van der Waals surface area contributed by atoms with Crippen molar-refractivity contribution in [1.29, 1.82) is 0 Å². The summed E-state index contributed by atoms with van der Waals surface area (Å²) in [6.07, 6.45) is 7.73. The Balaban J connectivity index is 1.71. The lowest BCUT2D eigenvalue weighted by Crippen LogP contribution is -2.38. The van der Waals surface area contributed by atoms with Crippen LogP contribution in [-0.2, 0) is 4.74 Å². The smallest absolute Gasteiger partial charge is 0.255 e. The van der Waals surface area contributed by atoms with Gasteiger partial charge in [0.1, 0.15) is 0 Å². The van der Waals surface area contributed by atoms with Gasteiger partial charge in [-0.25, -0.2) is 4.52 Å². The van der Waals surface area contributed by atoms with E-state index < -0.39 is 0 Å². The standard InChI is InChI=1S/C15H18BrN3O2/c1-21-12-4-2-11(3-5-12)18-15(20)13-9-17-19-7-6-10(16)8-14(13)19/h6-9,11-12H,2-5H2,1H3,(H,18,20)/t11-,12-. The third-order valence-corrected chi connectivity index (χ3v) is 4.56. The van der Waals surface area contributed by atoms with Gasteiger partial charge >= 0.3 is 0 Å². The van der Waals surface area contributed by atoms with Crippen LogP contribution in [0.15, 0.2) is 29.0 Å². The Morgan fingerprint density at radius 3 is 2.90 bits per heavy atom. The Labute approximate surface area is 131 Å². The molecule has 0 saturated heterocycles. The molecule has 2 aromatic heterocycles. The van der Waals surface area contributed by atoms with Crippen LogP contribution in [-0.4, -0.2) is 34.8 Å². The highest BCUT2D eigenvalue weighted by molar-refractivity contribution is 9.10. The summed E-state index contributed by atoms with van der Waals surface area (Å²) in [7, 11) is 1.75. The van der Waals surface area contributed by atoms with Crippen molar-refractivity contribution in [3.63, 3.8) is 0 Å². The van der Waals surface area contributed by atoms with E-state index in [1.165, 1.54) is 0 Å². The molecule has 1 aliphatic rings. The molecule has 0 radical (unpaired) electrons. The zero-order valence-corrected chi connectivity index (χ0v) is 13.5. The van der Waals surface area contributed by atoms with Crippen LogP contribution in [0, 0.1) is 0 Å². The molecule has 1 saturated carbocycles. The van der Waals surface area contributed by atoms with Crippen LogP contribution in [0.25, 0.3) is 5.52 Å². The number of hydrogen-bond donors (Lipinski definition) is 1. The molecule has 1 aliphatic carbocycles. The maximum absolute atomic E-state index is 12.4. The molecule has 0 aromatic carbocycles. The minimum atomic E-state index is -0.0519. The van der Waals surface area contributed by atoms with Crippen molar-refractivity contribution >= 4 is 27.4 Å². The Hall–Kier alpha value is -1.40. The van der Waals surface area contributed by atoms with Crippen LogP contribution in [0.2, 0.25) is 0 Å². The topological polar surface area (TPSA) is 55.6 Å². The molecule has 1 fully saturated rings. The van der Waals surface area contributed by atoms with E-state index in [9.17, 15) is 4.79 Å². The van der Waals surface area contributed by atoms with Gasteiger partial charge in [0.15, 0.2) is 0 Å². The average Bonchev–Trinajstić information content (AvgIpc) is 2.91. The number of amides is 1. The molecule has 2 heterocycles. The fourth-order valence-corrected chi connectivity index (χ4v) is 3.17. The van der Waals surface area contributed by atoms with Gasteiger partial charge in [0.05, 0.1) is 23.4 Å². The fraction of sp³-hybridized carbons (Fsp3) is 0.467. The molecule has 5 nitrogen and oxygen atoms in total. The van der Waals surface area contributed by atoms with Crippen molar-refractivity contribution in [2.75, 3.05) is 7.11 Å². The number of methoxy groups -OCH3 is 1. The summed E-state index contributed by atoms with van der Waals surface area (Å²) in [5.74, 6) is -0.0519. The lowest BCUT2D eigenvalue weighted by atomic mass is 9.93. The highest BCUT2D eigenvalue weighted by Gasteiger charge is 2.23. The van der Waals surface area contributed by atoms with Crippen LogP contribution in [0.1, 0.15) is 36.0 Å². The zero-order valence-electron chi connectivity index (χ0n) is 11.9. The van der Waals surface area contributed by atoms with E-state index in [1.807, 2.05) is 18.3 Å². The summed E-state index contributed by atoms with van der Waals surface area (Å²) in [5.41, 5.74) is 1.43. The Kier molecular flexibility index (Phi) is 4.26. The number of nitrogens with zero attached hydrogens (tertiary/aromatic N) is 2. The monoisotopic (exact) mass is 351 g/mol. The Bertz CT molecular complexity index is 647. The lowest BCUT2D eigenvalue weighted by molar-refractivity contribution is 0.0599. The number of nitrogens with one attached hydrogen (secondary N) is 1. The van der Waals surface area contributed by atoms with Crippen LogP contribution in [0.4, 0.5) is 0 Å². The van der Waals surface area contributed by atoms with E-state index in [1.54, 1.807) is 17.8 Å². The van der Waals surface area contributed by atoms with Gasteiger partial charge < -0.3 is 10.1 Å². The summed E-state index contributed by atoms with van der Waals surface area (Å²) in [6.45, 7) is 0. The molecule has 0 atom stereocenters. The quantitative estimate of drug-likeness (QED) is 0.924. The van der Waals surface area contributed by atoms with E-state index in [0.717, 1.165) is 35.7 Å². The Morgan fingerprint density at radius 2 is 2.19 bits per heavy atom. The predicted molar refractivity (Wildman–Crippen MR) is 83.4 cm³/mol. The third-order valence-electron chi connectivity index (χ3n) is 4.07. The number of aromatic nitrogens is 2. The van der Waals surface area contributed by atoms with E-state index in [2.05, 4.69) is 26.3 Å². The fourth-order valence-electron chi connectivity index (χ4n) is 2.84. The van der Waals surface area contributed by atoms with Crippen molar-refractivity contribution in [1.82, 2.24) is 14.9 Å². The first-order valence-electron chi connectivity index (χ1n) is 7.14. The maximum Gasteiger partial charge on any atom is 0.255 e. The molecule has 112 valence electrons. The minimum absolute atomic E-state index is 0.0519. The van der Waals surface area contributed by atoms with Gasteiger partial charge in [-0.05, 0) is 37.8 Å². The van der Waals surface area contributed by atoms with Crippen LogP contribution in [0.5, 0.6) is 0 Å². The van der Waals surface area contributed by atoms with Crippen molar-refractivity contribution in [3.8, 4) is 0 Å². The average molecular weight is 352 g/mol. The van der Waals surface area contributed by atoms with Crippen LogP contribution in [0.3, 0.4) is 0 Å². The minimum Gasteiger partial charge on any atom is -0.381 e. The number of carbonyl (C=O) groups excluding carboxylic acids is 1. The van der Waals surface area contributed by atoms with Crippen molar-refractivity contribution < 1.29 is 9.53 Å². The number of rotatable bonds is 3. The maximum atomic E-state index is 12.4. The first-order valence-corrected chi connectivity index (χ1v) is 7.93. The lowest BCUT2D eigenvalue weighted by Gasteiger charge is -2.28. The number of hydrogen-bond acceptors (Lipinski definition) is 3. The van der Waals surface area contributed by atoms with Gasteiger partial charge in [-0.1, -0.05) is 15.9 Å². The molecule has 0 bridgehead atoms. The molecule has 0 spiro atoms. The van der Waals surface area contributed by atoms with Gasteiger partial charge in [0.2, 0.25) is 0 Å². The first kappa shape index (κ1) is 14.5. The molecule has 3 rings (SSSR count). The summed E-state index contributed by atoms with van der Waals surface area (Å²) >= 11 is 3.43. The number of halogens is 1. The van der Waals surface area contributed by atoms with E-state index in [-0.39, 0.29) is 11.9 Å². The van der Waals surface area contributed by atoms with E-state index >= 15 is 0 Å². The molecular formula is C15H18BrN3O2. The molecular weight excluding hydrogens is 334 g/mol. The molecule has 1 amide bonds. The van der Waals surface area contributed by atoms with Crippen molar-refractivity contribution in [3.05, 3.63) is 34.6 Å². The summed E-state index contributed by atoms with van der Waals surface area (Å²) in [5, 5.41) is 7.33. The number of ether oxygens (including phenoxy) is 1. The van der Waals surface area contributed by atoms with Gasteiger partial charge in [0, 0.05) is 23.8 Å². The largest absolute Gasteiger partial charge is 0.381 e. The van der Waals surface area contributed by atoms with Gasteiger partial charge in [-0.15, -0.1) is 0 Å². The molecule has 0 aliphatic heterocycles. The van der Waals surface area contributed by atoms with Crippen LogP contribution < -0.4 is 5.32 Å². The number of carbonyl (C=O) groups is 1. The van der Waals surface area contributed by atoms with Crippen molar-refractivity contribution in [2.24, 2.45) is 0 Å². The summed E-state index contributed by atoms with van der Waals surface area (Å²) < 4.78 is 8.00. The highest BCUT2D eigenvalue weighted by atomic mass is 79.9. The number of fused-ring (bicyclic) bond motifs is 1. The summed E-state index contributed by atoms with van der Waals surface area (Å²) in [4.78, 5) is 12.4. The Morgan fingerprint density at radius 1 is 1.43 bits per heavy atom. The second-order valence-electron chi connectivity index (χ2n) is 5.42. The van der Waals surface area contributed by atoms with Gasteiger partial charge in [-0.3, -0.25) is 4.79 Å². The van der Waals surface area contributed by atoms with Crippen LogP contribution >= 0.6 is 15.9 Å². The van der Waals surface area contributed by atoms with Crippen molar-refractivity contribution in [2.45, 2.75) is 37.8 Å². The second kappa shape index (κ2) is 6.15. The first-order chi connectivity index (χ1) is 10.2. The number of pyridine rings is 1. The molecule has 21 heavy (non-hydrogen) atoms. The normalized spacial score (nSPS) is 22.4. The highest BCUT2D eigenvalue weighted by Crippen LogP contribution is 2.22.